The molecule has 0 aliphatic carbocycles. The summed E-state index contributed by atoms with van der Waals surface area (Å²) in [5, 5.41) is 13.2. The lowest BCUT2D eigenvalue weighted by atomic mass is 10.2. The second kappa shape index (κ2) is 4.23. The molecule has 0 bridgehead atoms. The van der Waals surface area contributed by atoms with Crippen molar-refractivity contribution in [1.29, 1.82) is 0 Å². The zero-order chi connectivity index (χ0) is 10.7. The van der Waals surface area contributed by atoms with Gasteiger partial charge in [0.05, 0.1) is 13.3 Å². The van der Waals surface area contributed by atoms with Gasteiger partial charge < -0.3 is 9.84 Å². The molecule has 0 fully saturated rings. The highest BCUT2D eigenvalue weighted by atomic mass is 16.5. The first-order chi connectivity index (χ1) is 6.61. The summed E-state index contributed by atoms with van der Waals surface area (Å²) in [6.45, 7) is 3.86. The Labute approximate surface area is 82.3 Å². The van der Waals surface area contributed by atoms with E-state index in [2.05, 4.69) is 5.10 Å². The SMILES string of the molecule is CCn1ncc(OC)c1C(=O)C(C)O. The molecule has 78 valence electrons. The van der Waals surface area contributed by atoms with Crippen LogP contribution in [0, 0.1) is 0 Å². The van der Waals surface area contributed by atoms with Crippen molar-refractivity contribution in [2.45, 2.75) is 26.5 Å². The minimum Gasteiger partial charge on any atom is -0.493 e. The van der Waals surface area contributed by atoms with Crippen LogP contribution in [0.25, 0.3) is 0 Å². The highest BCUT2D eigenvalue weighted by Gasteiger charge is 2.22. The number of aromatic nitrogens is 2. The van der Waals surface area contributed by atoms with Crippen molar-refractivity contribution in [2.24, 2.45) is 0 Å². The second-order valence-corrected chi connectivity index (χ2v) is 2.92. The number of carbonyl (C=O) groups is 1. The van der Waals surface area contributed by atoms with E-state index in [1.54, 1.807) is 0 Å². The van der Waals surface area contributed by atoms with Crippen molar-refractivity contribution in [3.8, 4) is 5.75 Å². The van der Waals surface area contributed by atoms with Gasteiger partial charge in [0.2, 0.25) is 5.78 Å². The molecular weight excluding hydrogens is 184 g/mol. The number of aliphatic hydroxyl groups excluding tert-OH is 1. The molecule has 0 saturated heterocycles. The van der Waals surface area contributed by atoms with Gasteiger partial charge >= 0.3 is 0 Å². The van der Waals surface area contributed by atoms with E-state index >= 15 is 0 Å². The number of carbonyl (C=O) groups excluding carboxylic acids is 1. The summed E-state index contributed by atoms with van der Waals surface area (Å²) in [6.07, 6.45) is 0.435. The maximum Gasteiger partial charge on any atom is 0.212 e. The van der Waals surface area contributed by atoms with Gasteiger partial charge in [-0.15, -0.1) is 0 Å². The summed E-state index contributed by atoms with van der Waals surface area (Å²) in [5.74, 6) is 0.0268. The molecule has 1 unspecified atom stereocenters. The smallest absolute Gasteiger partial charge is 0.212 e. The number of aryl methyl sites for hydroxylation is 1. The van der Waals surface area contributed by atoms with E-state index in [0.717, 1.165) is 0 Å². The molecule has 5 heteroatoms. The molecule has 14 heavy (non-hydrogen) atoms. The van der Waals surface area contributed by atoms with Gasteiger partial charge in [0.15, 0.2) is 5.75 Å². The van der Waals surface area contributed by atoms with Crippen LogP contribution in [-0.2, 0) is 6.54 Å². The van der Waals surface area contributed by atoms with Crippen LogP contribution in [0.5, 0.6) is 5.75 Å². The average molecular weight is 198 g/mol. The van der Waals surface area contributed by atoms with Crippen molar-refractivity contribution >= 4 is 5.78 Å². The average Bonchev–Trinajstić information content (AvgIpc) is 2.58. The van der Waals surface area contributed by atoms with Gasteiger partial charge in [0.1, 0.15) is 11.8 Å². The summed E-state index contributed by atoms with van der Waals surface area (Å²) in [4.78, 5) is 11.6. The second-order valence-electron chi connectivity index (χ2n) is 2.92. The minimum absolute atomic E-state index is 0.324. The number of nitrogens with zero attached hydrogens (tertiary/aromatic N) is 2. The van der Waals surface area contributed by atoms with Crippen LogP contribution in [0.3, 0.4) is 0 Å². The van der Waals surface area contributed by atoms with Gasteiger partial charge in [-0.1, -0.05) is 0 Å². The molecule has 1 aromatic heterocycles. The van der Waals surface area contributed by atoms with E-state index in [1.165, 1.54) is 24.9 Å². The molecule has 1 aromatic rings. The maximum atomic E-state index is 11.6. The quantitative estimate of drug-likeness (QED) is 0.714. The monoisotopic (exact) mass is 198 g/mol. The minimum atomic E-state index is -1.04. The summed E-state index contributed by atoms with van der Waals surface area (Å²) >= 11 is 0. The third-order valence-electron chi connectivity index (χ3n) is 1.94. The van der Waals surface area contributed by atoms with Crippen molar-refractivity contribution in [1.82, 2.24) is 9.78 Å². The van der Waals surface area contributed by atoms with Crippen LogP contribution >= 0.6 is 0 Å². The normalized spacial score (nSPS) is 12.6. The fourth-order valence-corrected chi connectivity index (χ4v) is 1.20. The lowest BCUT2D eigenvalue weighted by Gasteiger charge is -2.07. The van der Waals surface area contributed by atoms with Gasteiger partial charge in [0.25, 0.3) is 0 Å². The van der Waals surface area contributed by atoms with Crippen molar-refractivity contribution in [3.63, 3.8) is 0 Å². The largest absolute Gasteiger partial charge is 0.493 e. The maximum absolute atomic E-state index is 11.6. The zero-order valence-electron chi connectivity index (χ0n) is 8.52. The molecule has 1 atom stereocenters. The molecule has 0 amide bonds. The molecule has 0 saturated carbocycles. The lowest BCUT2D eigenvalue weighted by molar-refractivity contribution is 0.0764. The number of hydrogen-bond acceptors (Lipinski definition) is 4. The molecule has 0 aromatic carbocycles. The highest BCUT2D eigenvalue weighted by molar-refractivity contribution is 5.99. The van der Waals surface area contributed by atoms with Gasteiger partial charge in [-0.3, -0.25) is 9.48 Å². The summed E-state index contributed by atoms with van der Waals surface area (Å²) in [6, 6.07) is 0. The fourth-order valence-electron chi connectivity index (χ4n) is 1.20. The summed E-state index contributed by atoms with van der Waals surface area (Å²) in [5.41, 5.74) is 0.324. The molecule has 5 nitrogen and oxygen atoms in total. The van der Waals surface area contributed by atoms with Gasteiger partial charge in [-0.2, -0.15) is 5.10 Å². The third kappa shape index (κ3) is 1.77. The lowest BCUT2D eigenvalue weighted by Crippen LogP contribution is -2.21. The Morgan fingerprint density at radius 2 is 2.43 bits per heavy atom. The standard InChI is InChI=1S/C9H14N2O3/c1-4-11-8(9(13)6(2)12)7(14-3)5-10-11/h5-6,12H,4H2,1-3H3. The van der Waals surface area contributed by atoms with E-state index in [4.69, 9.17) is 4.74 Å². The molecular formula is C9H14N2O3. The Morgan fingerprint density at radius 3 is 2.86 bits per heavy atom. The van der Waals surface area contributed by atoms with Crippen LogP contribution in [0.1, 0.15) is 24.3 Å². The molecule has 0 aliphatic heterocycles. The van der Waals surface area contributed by atoms with Crippen LogP contribution in [-0.4, -0.2) is 33.9 Å². The van der Waals surface area contributed by atoms with Crippen molar-refractivity contribution < 1.29 is 14.6 Å². The third-order valence-corrected chi connectivity index (χ3v) is 1.94. The predicted octanol–water partition coefficient (Wildman–Crippen LogP) is 0.475. The fraction of sp³-hybridized carbons (Fsp3) is 0.556. The van der Waals surface area contributed by atoms with Crippen LogP contribution in [0.4, 0.5) is 0 Å². The number of rotatable bonds is 4. The van der Waals surface area contributed by atoms with Gasteiger partial charge in [0, 0.05) is 6.54 Å². The topological polar surface area (TPSA) is 64.4 Å². The van der Waals surface area contributed by atoms with Crippen LogP contribution in [0.2, 0.25) is 0 Å². The Bertz CT molecular complexity index is 309. The van der Waals surface area contributed by atoms with Crippen LogP contribution < -0.4 is 4.74 Å². The first kappa shape index (κ1) is 10.7. The number of hydrogen-bond donors (Lipinski definition) is 1. The molecule has 1 N–H and O–H groups in total. The van der Waals surface area contributed by atoms with Gasteiger partial charge in [-0.05, 0) is 13.8 Å². The first-order valence-electron chi connectivity index (χ1n) is 4.43. The number of ketones is 1. The van der Waals surface area contributed by atoms with Crippen LogP contribution in [0.15, 0.2) is 6.20 Å². The molecule has 0 aliphatic rings. The number of Topliss-reactive ketones (excluding diaryl/α,β-unsaturated/α-hetero) is 1. The summed E-state index contributed by atoms with van der Waals surface area (Å²) < 4.78 is 6.49. The van der Waals surface area contributed by atoms with E-state index < -0.39 is 6.10 Å². The van der Waals surface area contributed by atoms with Gasteiger partial charge in [-0.25, -0.2) is 0 Å². The van der Waals surface area contributed by atoms with E-state index in [0.29, 0.717) is 18.0 Å². The molecule has 0 radical (unpaired) electrons. The zero-order valence-corrected chi connectivity index (χ0v) is 8.52. The van der Waals surface area contributed by atoms with Crippen molar-refractivity contribution in [2.75, 3.05) is 7.11 Å². The number of ether oxygens (including phenoxy) is 1. The van der Waals surface area contributed by atoms with E-state index in [1.807, 2.05) is 6.92 Å². The Morgan fingerprint density at radius 1 is 1.79 bits per heavy atom. The Balaban J connectivity index is 3.14. The number of methoxy groups -OCH3 is 1. The first-order valence-corrected chi connectivity index (χ1v) is 4.43. The highest BCUT2D eigenvalue weighted by Crippen LogP contribution is 2.19. The summed E-state index contributed by atoms with van der Waals surface area (Å²) in [7, 11) is 1.47. The van der Waals surface area contributed by atoms with Crippen molar-refractivity contribution in [3.05, 3.63) is 11.9 Å². The van der Waals surface area contributed by atoms with E-state index in [9.17, 15) is 9.90 Å². The molecule has 1 rings (SSSR count). The number of aliphatic hydroxyl groups is 1. The van der Waals surface area contributed by atoms with E-state index in [-0.39, 0.29) is 5.78 Å². The Kier molecular flexibility index (Phi) is 3.24. The molecule has 0 spiro atoms. The Hall–Kier alpha value is -1.36. The molecule has 1 heterocycles. The predicted molar refractivity (Wildman–Crippen MR) is 50.5 cm³/mol.